The highest BCUT2D eigenvalue weighted by Crippen LogP contribution is 2.20. The van der Waals surface area contributed by atoms with Crippen molar-refractivity contribution in [3.8, 4) is 5.75 Å². The summed E-state index contributed by atoms with van der Waals surface area (Å²) in [7, 11) is 1.66. The molecule has 14 heavy (non-hydrogen) atoms. The first kappa shape index (κ1) is 9.49. The summed E-state index contributed by atoms with van der Waals surface area (Å²) in [5.41, 5.74) is 2.43. The van der Waals surface area contributed by atoms with Crippen LogP contribution < -0.4 is 10.1 Å². The van der Waals surface area contributed by atoms with E-state index in [2.05, 4.69) is 11.4 Å². The number of hydrogen-bond acceptors (Lipinski definition) is 3. The van der Waals surface area contributed by atoms with E-state index in [1.165, 1.54) is 11.1 Å². The topological polar surface area (TPSA) is 41.5 Å². The van der Waals surface area contributed by atoms with Gasteiger partial charge >= 0.3 is 0 Å². The fourth-order valence-corrected chi connectivity index (χ4v) is 1.79. The van der Waals surface area contributed by atoms with Gasteiger partial charge in [0.2, 0.25) is 0 Å². The lowest BCUT2D eigenvalue weighted by molar-refractivity contribution is 0.175. The molecule has 0 aromatic heterocycles. The maximum atomic E-state index is 9.60. The van der Waals surface area contributed by atoms with E-state index in [0.717, 1.165) is 12.3 Å². The van der Waals surface area contributed by atoms with E-state index < -0.39 is 0 Å². The zero-order valence-electron chi connectivity index (χ0n) is 8.29. The van der Waals surface area contributed by atoms with Crippen LogP contribution in [0.3, 0.4) is 0 Å². The van der Waals surface area contributed by atoms with E-state index in [9.17, 15) is 5.11 Å². The molecule has 0 bridgehead atoms. The van der Waals surface area contributed by atoms with E-state index in [1.807, 2.05) is 12.1 Å². The Balaban J connectivity index is 2.32. The van der Waals surface area contributed by atoms with Crippen LogP contribution in [0.15, 0.2) is 18.2 Å². The Morgan fingerprint density at radius 2 is 2.29 bits per heavy atom. The first-order chi connectivity index (χ1) is 6.79. The van der Waals surface area contributed by atoms with Crippen LogP contribution in [-0.4, -0.2) is 24.9 Å². The van der Waals surface area contributed by atoms with Crippen molar-refractivity contribution in [1.29, 1.82) is 0 Å². The monoisotopic (exact) mass is 193 g/mol. The standard InChI is InChI=1S/C11H15NO2/c1-14-11-3-2-8-6-12-7-10(13)4-9(8)5-11/h2-3,5,10,12-13H,4,6-7H2,1H3. The van der Waals surface area contributed by atoms with E-state index in [4.69, 9.17) is 4.74 Å². The van der Waals surface area contributed by atoms with E-state index in [-0.39, 0.29) is 6.10 Å². The van der Waals surface area contributed by atoms with Crippen LogP contribution >= 0.6 is 0 Å². The Hall–Kier alpha value is -1.06. The third-order valence-corrected chi connectivity index (χ3v) is 2.56. The molecular weight excluding hydrogens is 178 g/mol. The summed E-state index contributed by atoms with van der Waals surface area (Å²) >= 11 is 0. The molecule has 76 valence electrons. The summed E-state index contributed by atoms with van der Waals surface area (Å²) in [5, 5.41) is 12.8. The van der Waals surface area contributed by atoms with Crippen LogP contribution in [-0.2, 0) is 13.0 Å². The average molecular weight is 193 g/mol. The molecule has 0 aliphatic carbocycles. The van der Waals surface area contributed by atoms with Crippen molar-refractivity contribution in [1.82, 2.24) is 5.32 Å². The molecule has 1 aliphatic rings. The number of nitrogens with one attached hydrogen (secondary N) is 1. The second kappa shape index (κ2) is 3.98. The number of methoxy groups -OCH3 is 1. The molecule has 1 heterocycles. The van der Waals surface area contributed by atoms with Crippen molar-refractivity contribution in [2.24, 2.45) is 0 Å². The van der Waals surface area contributed by atoms with Crippen LogP contribution in [0, 0.1) is 0 Å². The van der Waals surface area contributed by atoms with Gasteiger partial charge in [-0.3, -0.25) is 0 Å². The molecule has 0 spiro atoms. The van der Waals surface area contributed by atoms with Crippen molar-refractivity contribution in [3.05, 3.63) is 29.3 Å². The van der Waals surface area contributed by atoms with Crippen molar-refractivity contribution < 1.29 is 9.84 Å². The number of hydrogen-bond donors (Lipinski definition) is 2. The van der Waals surface area contributed by atoms with Crippen LogP contribution in [0.5, 0.6) is 5.75 Å². The van der Waals surface area contributed by atoms with Crippen molar-refractivity contribution in [2.45, 2.75) is 19.1 Å². The minimum atomic E-state index is -0.289. The number of rotatable bonds is 1. The van der Waals surface area contributed by atoms with Crippen LogP contribution in [0.25, 0.3) is 0 Å². The van der Waals surface area contributed by atoms with Gasteiger partial charge in [0.1, 0.15) is 5.75 Å². The second-order valence-corrected chi connectivity index (χ2v) is 3.62. The lowest BCUT2D eigenvalue weighted by atomic mass is 10.0. The fourth-order valence-electron chi connectivity index (χ4n) is 1.79. The Labute approximate surface area is 83.7 Å². The Morgan fingerprint density at radius 3 is 3.07 bits per heavy atom. The first-order valence-electron chi connectivity index (χ1n) is 4.84. The quantitative estimate of drug-likeness (QED) is 0.690. The molecule has 1 aromatic carbocycles. The maximum absolute atomic E-state index is 9.60. The molecule has 1 aliphatic heterocycles. The SMILES string of the molecule is COc1ccc2c(c1)CC(O)CNC2. The maximum Gasteiger partial charge on any atom is 0.119 e. The summed E-state index contributed by atoms with van der Waals surface area (Å²) in [4.78, 5) is 0. The lowest BCUT2D eigenvalue weighted by Crippen LogP contribution is -2.24. The number of ether oxygens (including phenoxy) is 1. The van der Waals surface area contributed by atoms with Gasteiger partial charge in [0.15, 0.2) is 0 Å². The normalized spacial score (nSPS) is 21.1. The molecule has 0 fully saturated rings. The molecular formula is C11H15NO2. The summed E-state index contributed by atoms with van der Waals surface area (Å²) in [6, 6.07) is 6.02. The molecule has 1 unspecified atom stereocenters. The molecule has 0 amide bonds. The average Bonchev–Trinajstić information content (AvgIpc) is 2.37. The number of aliphatic hydroxyl groups excluding tert-OH is 1. The summed E-state index contributed by atoms with van der Waals surface area (Å²) in [5.74, 6) is 0.859. The predicted molar refractivity (Wildman–Crippen MR) is 54.4 cm³/mol. The molecule has 3 heteroatoms. The fraction of sp³-hybridized carbons (Fsp3) is 0.455. The van der Waals surface area contributed by atoms with Gasteiger partial charge in [0.25, 0.3) is 0 Å². The number of fused-ring (bicyclic) bond motifs is 1. The molecule has 2 rings (SSSR count). The van der Waals surface area contributed by atoms with Crippen LogP contribution in [0.4, 0.5) is 0 Å². The molecule has 1 atom stereocenters. The van der Waals surface area contributed by atoms with Crippen molar-refractivity contribution in [3.63, 3.8) is 0 Å². The third kappa shape index (κ3) is 1.89. The van der Waals surface area contributed by atoms with Gasteiger partial charge in [-0.25, -0.2) is 0 Å². The zero-order chi connectivity index (χ0) is 9.97. The van der Waals surface area contributed by atoms with Crippen molar-refractivity contribution >= 4 is 0 Å². The smallest absolute Gasteiger partial charge is 0.119 e. The number of benzene rings is 1. The highest BCUT2D eigenvalue weighted by atomic mass is 16.5. The largest absolute Gasteiger partial charge is 0.497 e. The molecule has 3 nitrogen and oxygen atoms in total. The number of aliphatic hydroxyl groups is 1. The minimum Gasteiger partial charge on any atom is -0.497 e. The van der Waals surface area contributed by atoms with Gasteiger partial charge in [-0.1, -0.05) is 6.07 Å². The number of β-amino-alcohol motifs (C(OH)–C–C–N with tert-alkyl or cyclic N) is 1. The molecule has 1 aromatic rings. The second-order valence-electron chi connectivity index (χ2n) is 3.62. The van der Waals surface area contributed by atoms with Gasteiger partial charge in [-0.15, -0.1) is 0 Å². The summed E-state index contributed by atoms with van der Waals surface area (Å²) in [6.07, 6.45) is 0.419. The Kier molecular flexibility index (Phi) is 2.70. The Morgan fingerprint density at radius 1 is 1.43 bits per heavy atom. The predicted octanol–water partition coefficient (Wildman–Crippen LogP) is 0.702. The highest BCUT2D eigenvalue weighted by Gasteiger charge is 2.14. The molecule has 0 saturated carbocycles. The lowest BCUT2D eigenvalue weighted by Gasteiger charge is -2.08. The molecule has 0 saturated heterocycles. The summed E-state index contributed by atoms with van der Waals surface area (Å²) < 4.78 is 5.15. The van der Waals surface area contributed by atoms with Gasteiger partial charge in [-0.05, 0) is 23.3 Å². The van der Waals surface area contributed by atoms with Gasteiger partial charge in [0.05, 0.1) is 13.2 Å². The van der Waals surface area contributed by atoms with Gasteiger partial charge in [0, 0.05) is 19.5 Å². The molecule has 0 radical (unpaired) electrons. The molecule has 2 N–H and O–H groups in total. The zero-order valence-corrected chi connectivity index (χ0v) is 8.29. The van der Waals surface area contributed by atoms with Crippen molar-refractivity contribution in [2.75, 3.05) is 13.7 Å². The highest BCUT2D eigenvalue weighted by molar-refractivity contribution is 5.36. The van der Waals surface area contributed by atoms with Gasteiger partial charge in [-0.2, -0.15) is 0 Å². The van der Waals surface area contributed by atoms with Crippen LogP contribution in [0.1, 0.15) is 11.1 Å². The van der Waals surface area contributed by atoms with Gasteiger partial charge < -0.3 is 15.2 Å². The first-order valence-corrected chi connectivity index (χ1v) is 4.84. The van der Waals surface area contributed by atoms with E-state index in [0.29, 0.717) is 13.0 Å². The minimum absolute atomic E-state index is 0.289. The Bertz CT molecular complexity index is 325. The summed E-state index contributed by atoms with van der Waals surface area (Å²) in [6.45, 7) is 1.49. The van der Waals surface area contributed by atoms with Crippen LogP contribution in [0.2, 0.25) is 0 Å². The van der Waals surface area contributed by atoms with E-state index >= 15 is 0 Å². The van der Waals surface area contributed by atoms with E-state index in [1.54, 1.807) is 7.11 Å². The third-order valence-electron chi connectivity index (χ3n) is 2.56.